The second kappa shape index (κ2) is 9.60. The maximum atomic E-state index is 13.9. The maximum absolute atomic E-state index is 13.9. The average Bonchev–Trinajstić information content (AvgIpc) is 3.33. The Bertz CT molecular complexity index is 1450. The van der Waals surface area contributed by atoms with Gasteiger partial charge in [-0.1, -0.05) is 42.5 Å². The number of piperidine rings is 1. The average molecular weight is 498 g/mol. The molecule has 0 spiro atoms. The van der Waals surface area contributed by atoms with Crippen molar-refractivity contribution in [3.63, 3.8) is 0 Å². The van der Waals surface area contributed by atoms with Gasteiger partial charge in [-0.2, -0.15) is 0 Å². The Balaban J connectivity index is 1.14. The number of hydrogen-bond donors (Lipinski definition) is 2. The number of rotatable bonds is 5. The zero-order valence-electron chi connectivity index (χ0n) is 21.2. The van der Waals surface area contributed by atoms with E-state index < -0.39 is 0 Å². The zero-order chi connectivity index (χ0) is 24.8. The molecule has 2 bridgehead atoms. The molecule has 0 amide bonds. The SMILES string of the molecule is O=c1c(-c2ccccc2C[NH+]2CCOCC2)ccc2n1C[C@H]1C[C@@H]2C[NH+](Cc2cc3ccccc3o2)C1. The van der Waals surface area contributed by atoms with Gasteiger partial charge in [-0.05, 0) is 36.2 Å². The van der Waals surface area contributed by atoms with Crippen LogP contribution in [0.4, 0.5) is 0 Å². The van der Waals surface area contributed by atoms with E-state index in [1.54, 1.807) is 4.90 Å². The number of quaternary nitrogens is 2. The van der Waals surface area contributed by atoms with Gasteiger partial charge in [0.25, 0.3) is 5.56 Å². The Morgan fingerprint density at radius 3 is 2.59 bits per heavy atom. The summed E-state index contributed by atoms with van der Waals surface area (Å²) in [6.07, 6.45) is 1.18. The van der Waals surface area contributed by atoms with Crippen LogP contribution in [0, 0.1) is 5.92 Å². The molecule has 2 aromatic heterocycles. The van der Waals surface area contributed by atoms with Crippen LogP contribution in [0.3, 0.4) is 0 Å². The summed E-state index contributed by atoms with van der Waals surface area (Å²) >= 11 is 0. The van der Waals surface area contributed by atoms with Crippen molar-refractivity contribution >= 4 is 11.0 Å². The molecule has 0 aliphatic carbocycles. The molecule has 6 heteroatoms. The minimum absolute atomic E-state index is 0.178. The van der Waals surface area contributed by atoms with Gasteiger partial charge in [0.05, 0.1) is 26.3 Å². The Morgan fingerprint density at radius 1 is 0.865 bits per heavy atom. The molecule has 3 atom stereocenters. The molecule has 1 unspecified atom stereocenters. The number of nitrogens with zero attached hydrogens (tertiary/aromatic N) is 1. The number of morpholine rings is 1. The standard InChI is InChI=1S/C31H33N3O3/c35-31-28(27-7-3-1-6-24(27)19-32-11-13-36-14-12-32)9-10-29-25-15-22(18-34(29)31)17-33(20-25)21-26-16-23-5-2-4-8-30(23)37-26/h1-10,16,22,25H,11-15,17-21H2/p+2/t22-,25+/m0/s1. The predicted octanol–water partition coefficient (Wildman–Crippen LogP) is 1.88. The number of fused-ring (bicyclic) bond motifs is 5. The first-order valence-corrected chi connectivity index (χ1v) is 13.8. The van der Waals surface area contributed by atoms with Crippen LogP contribution in [-0.4, -0.2) is 44.0 Å². The van der Waals surface area contributed by atoms with Gasteiger partial charge in [-0.15, -0.1) is 0 Å². The molecule has 3 aliphatic heterocycles. The van der Waals surface area contributed by atoms with Crippen molar-refractivity contribution in [3.05, 3.63) is 94.1 Å². The number of pyridine rings is 1. The minimum Gasteiger partial charge on any atom is -0.455 e. The first-order valence-electron chi connectivity index (χ1n) is 13.8. The molecule has 0 radical (unpaired) electrons. The van der Waals surface area contributed by atoms with Crippen LogP contribution in [0.15, 0.2) is 75.9 Å². The van der Waals surface area contributed by atoms with Gasteiger partial charge < -0.3 is 23.5 Å². The lowest BCUT2D eigenvalue weighted by Crippen LogP contribution is -3.13. The number of hydrogen-bond acceptors (Lipinski definition) is 3. The number of nitrogens with one attached hydrogen (secondary N) is 2. The van der Waals surface area contributed by atoms with E-state index in [4.69, 9.17) is 9.15 Å². The second-order valence-electron chi connectivity index (χ2n) is 11.2. The van der Waals surface area contributed by atoms with Crippen LogP contribution >= 0.6 is 0 Å². The first-order chi connectivity index (χ1) is 18.2. The molecule has 4 aromatic rings. The van der Waals surface area contributed by atoms with Crippen molar-refractivity contribution in [2.45, 2.75) is 32.0 Å². The van der Waals surface area contributed by atoms with Crippen LogP contribution in [-0.2, 0) is 24.4 Å². The van der Waals surface area contributed by atoms with E-state index in [1.165, 1.54) is 28.0 Å². The molecule has 6 nitrogen and oxygen atoms in total. The van der Waals surface area contributed by atoms with Crippen LogP contribution in [0.1, 0.15) is 29.4 Å². The number of likely N-dealkylation sites (tertiary alicyclic amines) is 1. The summed E-state index contributed by atoms with van der Waals surface area (Å²) in [4.78, 5) is 17.0. The fourth-order valence-corrected chi connectivity index (χ4v) is 6.93. The van der Waals surface area contributed by atoms with Crippen LogP contribution in [0.5, 0.6) is 0 Å². The van der Waals surface area contributed by atoms with Crippen molar-refractivity contribution in [1.82, 2.24) is 4.57 Å². The molecule has 5 heterocycles. The van der Waals surface area contributed by atoms with Crippen LogP contribution in [0.2, 0.25) is 0 Å². The second-order valence-corrected chi connectivity index (χ2v) is 11.2. The summed E-state index contributed by atoms with van der Waals surface area (Å²) in [6, 6.07) is 23.2. The van der Waals surface area contributed by atoms with E-state index >= 15 is 0 Å². The molecule has 2 N–H and O–H groups in total. The quantitative estimate of drug-likeness (QED) is 0.443. The van der Waals surface area contributed by atoms with Crippen molar-refractivity contribution < 1.29 is 19.0 Å². The van der Waals surface area contributed by atoms with Gasteiger partial charge in [0.2, 0.25) is 0 Å². The summed E-state index contributed by atoms with van der Waals surface area (Å²) in [5, 5.41) is 1.18. The van der Waals surface area contributed by atoms with E-state index in [-0.39, 0.29) is 5.56 Å². The number of para-hydroxylation sites is 1. The van der Waals surface area contributed by atoms with Crippen molar-refractivity contribution in [1.29, 1.82) is 0 Å². The summed E-state index contributed by atoms with van der Waals surface area (Å²) in [7, 11) is 0. The maximum Gasteiger partial charge on any atom is 0.258 e. The zero-order valence-corrected chi connectivity index (χ0v) is 21.2. The normalized spacial score (nSPS) is 23.7. The Hall–Kier alpha value is -3.19. The van der Waals surface area contributed by atoms with E-state index in [1.807, 2.05) is 12.1 Å². The monoisotopic (exact) mass is 497 g/mol. The molecule has 2 saturated heterocycles. The molecule has 190 valence electrons. The first kappa shape index (κ1) is 23.0. The fraction of sp³-hybridized carbons (Fsp3) is 0.387. The summed E-state index contributed by atoms with van der Waals surface area (Å²) in [5.41, 5.74) is 5.55. The lowest BCUT2D eigenvalue weighted by Gasteiger charge is -2.40. The summed E-state index contributed by atoms with van der Waals surface area (Å²) in [5.74, 6) is 2.00. The van der Waals surface area contributed by atoms with Crippen molar-refractivity contribution in [2.75, 3.05) is 39.4 Å². The van der Waals surface area contributed by atoms with Gasteiger partial charge in [0, 0.05) is 40.6 Å². The van der Waals surface area contributed by atoms with Gasteiger partial charge in [0.15, 0.2) is 5.76 Å². The highest BCUT2D eigenvalue weighted by Gasteiger charge is 2.38. The van der Waals surface area contributed by atoms with E-state index in [9.17, 15) is 4.79 Å². The molecule has 2 fully saturated rings. The number of ether oxygens (including phenoxy) is 1. The third-order valence-corrected chi connectivity index (χ3v) is 8.65. The van der Waals surface area contributed by atoms with Gasteiger partial charge >= 0.3 is 0 Å². The Morgan fingerprint density at radius 2 is 1.70 bits per heavy atom. The number of furan rings is 1. The number of aromatic nitrogens is 1. The highest BCUT2D eigenvalue weighted by molar-refractivity contribution is 5.77. The predicted molar refractivity (Wildman–Crippen MR) is 143 cm³/mol. The van der Waals surface area contributed by atoms with Crippen LogP contribution in [0.25, 0.3) is 22.1 Å². The molecule has 2 aromatic carbocycles. The number of benzene rings is 2. The highest BCUT2D eigenvalue weighted by atomic mass is 16.5. The van der Waals surface area contributed by atoms with Gasteiger partial charge in [0.1, 0.15) is 31.8 Å². The largest absolute Gasteiger partial charge is 0.455 e. The molecular weight excluding hydrogens is 462 g/mol. The smallest absolute Gasteiger partial charge is 0.258 e. The third-order valence-electron chi connectivity index (χ3n) is 8.65. The van der Waals surface area contributed by atoms with E-state index in [0.717, 1.165) is 81.5 Å². The molecule has 7 rings (SSSR count). The summed E-state index contributed by atoms with van der Waals surface area (Å²) < 4.78 is 13.8. The van der Waals surface area contributed by atoms with Gasteiger partial charge in [-0.3, -0.25) is 4.79 Å². The summed E-state index contributed by atoms with van der Waals surface area (Å²) in [6.45, 7) is 8.46. The van der Waals surface area contributed by atoms with E-state index in [2.05, 4.69) is 59.2 Å². The highest BCUT2D eigenvalue weighted by Crippen LogP contribution is 2.32. The fourth-order valence-electron chi connectivity index (χ4n) is 6.93. The third kappa shape index (κ3) is 4.43. The van der Waals surface area contributed by atoms with E-state index in [0.29, 0.717) is 11.8 Å². The molecule has 3 aliphatic rings. The molecule has 0 saturated carbocycles. The Kier molecular flexibility index (Phi) is 5.96. The van der Waals surface area contributed by atoms with Crippen LogP contribution < -0.4 is 15.4 Å². The topological polar surface area (TPSA) is 53.2 Å². The van der Waals surface area contributed by atoms with Crippen molar-refractivity contribution in [2.24, 2.45) is 5.92 Å². The Labute approximate surface area is 217 Å². The molecule has 37 heavy (non-hydrogen) atoms. The lowest BCUT2D eigenvalue weighted by molar-refractivity contribution is -0.925. The van der Waals surface area contributed by atoms with Crippen molar-refractivity contribution in [3.8, 4) is 11.1 Å². The van der Waals surface area contributed by atoms with Gasteiger partial charge in [-0.25, -0.2) is 0 Å². The lowest BCUT2D eigenvalue weighted by atomic mass is 9.82. The minimum atomic E-state index is 0.178. The molecular formula is C31H35N3O3+2.